The number of halogens is 2. The van der Waals surface area contributed by atoms with Crippen LogP contribution in [0, 0.1) is 6.92 Å². The quantitative estimate of drug-likeness (QED) is 0.718. The van der Waals surface area contributed by atoms with Crippen molar-refractivity contribution >= 4 is 39.9 Å². The number of imidazole rings is 1. The number of para-hydroxylation sites is 1. The molecule has 5 heteroatoms. The van der Waals surface area contributed by atoms with Gasteiger partial charge in [0.05, 0.1) is 17.7 Å². The lowest BCUT2D eigenvalue weighted by Gasteiger charge is -2.10. The molecule has 0 saturated heterocycles. The SMILES string of the molecule is Cc1nc2c(N)cccc2n1Cc1c(Cl)cccc1Cl. The van der Waals surface area contributed by atoms with Gasteiger partial charge in [0.25, 0.3) is 0 Å². The van der Waals surface area contributed by atoms with Gasteiger partial charge in [-0.15, -0.1) is 0 Å². The van der Waals surface area contributed by atoms with E-state index in [1.54, 1.807) is 0 Å². The highest BCUT2D eigenvalue weighted by molar-refractivity contribution is 6.36. The van der Waals surface area contributed by atoms with E-state index in [1.165, 1.54) is 0 Å². The van der Waals surface area contributed by atoms with E-state index in [9.17, 15) is 0 Å². The van der Waals surface area contributed by atoms with Gasteiger partial charge in [0.15, 0.2) is 0 Å². The van der Waals surface area contributed by atoms with Crippen molar-refractivity contribution in [3.8, 4) is 0 Å². The Bertz CT molecular complexity index is 773. The van der Waals surface area contributed by atoms with Crippen LogP contribution in [0.3, 0.4) is 0 Å². The van der Waals surface area contributed by atoms with Crippen LogP contribution in [0.2, 0.25) is 10.0 Å². The van der Waals surface area contributed by atoms with Crippen LogP contribution in [-0.2, 0) is 6.54 Å². The average Bonchev–Trinajstić information content (AvgIpc) is 2.72. The van der Waals surface area contributed by atoms with E-state index in [0.717, 1.165) is 22.4 Å². The molecule has 102 valence electrons. The number of nitrogen functional groups attached to an aromatic ring is 1. The second-order valence-corrected chi connectivity index (χ2v) is 5.47. The minimum Gasteiger partial charge on any atom is -0.397 e. The molecule has 0 aliphatic heterocycles. The molecule has 3 aromatic rings. The minimum atomic E-state index is 0.574. The number of nitrogens with zero attached hydrogens (tertiary/aromatic N) is 2. The summed E-state index contributed by atoms with van der Waals surface area (Å²) >= 11 is 12.5. The molecule has 0 aliphatic carbocycles. The summed E-state index contributed by atoms with van der Waals surface area (Å²) in [6.07, 6.45) is 0. The van der Waals surface area contributed by atoms with Crippen LogP contribution in [0.25, 0.3) is 11.0 Å². The Morgan fingerprint density at radius 2 is 1.75 bits per heavy atom. The van der Waals surface area contributed by atoms with Crippen molar-refractivity contribution in [3.05, 3.63) is 57.8 Å². The van der Waals surface area contributed by atoms with Crippen molar-refractivity contribution in [3.63, 3.8) is 0 Å². The number of nitrogens with two attached hydrogens (primary N) is 1. The molecule has 0 aliphatic rings. The molecule has 0 radical (unpaired) electrons. The summed E-state index contributed by atoms with van der Waals surface area (Å²) in [5, 5.41) is 1.31. The van der Waals surface area contributed by atoms with Crippen molar-refractivity contribution in [1.29, 1.82) is 0 Å². The number of hydrogen-bond donors (Lipinski definition) is 1. The Kier molecular flexibility index (Phi) is 3.32. The Morgan fingerprint density at radius 3 is 2.45 bits per heavy atom. The molecule has 3 nitrogen and oxygen atoms in total. The van der Waals surface area contributed by atoms with E-state index < -0.39 is 0 Å². The maximum Gasteiger partial charge on any atom is 0.112 e. The summed E-state index contributed by atoms with van der Waals surface area (Å²) in [5.41, 5.74) is 9.33. The second kappa shape index (κ2) is 5.00. The van der Waals surface area contributed by atoms with Gasteiger partial charge in [-0.2, -0.15) is 0 Å². The monoisotopic (exact) mass is 305 g/mol. The standard InChI is InChI=1S/C15H13Cl2N3/c1-9-19-15-13(18)6-3-7-14(15)20(9)8-10-11(16)4-2-5-12(10)17/h2-7H,8,18H2,1H3. The Labute approximate surface area is 126 Å². The summed E-state index contributed by atoms with van der Waals surface area (Å²) in [6, 6.07) is 11.3. The predicted octanol–water partition coefficient (Wildman–Crippen LogP) is 4.28. The molecular weight excluding hydrogens is 293 g/mol. The summed E-state index contributed by atoms with van der Waals surface area (Å²) in [4.78, 5) is 4.52. The van der Waals surface area contributed by atoms with Gasteiger partial charge in [-0.3, -0.25) is 0 Å². The normalized spacial score (nSPS) is 11.2. The van der Waals surface area contributed by atoms with Crippen LogP contribution >= 0.6 is 23.2 Å². The highest BCUT2D eigenvalue weighted by Gasteiger charge is 2.13. The van der Waals surface area contributed by atoms with Gasteiger partial charge in [-0.1, -0.05) is 35.3 Å². The smallest absolute Gasteiger partial charge is 0.112 e. The van der Waals surface area contributed by atoms with E-state index in [0.29, 0.717) is 22.3 Å². The summed E-state index contributed by atoms with van der Waals surface area (Å²) < 4.78 is 2.07. The van der Waals surface area contributed by atoms with E-state index in [1.807, 2.05) is 43.3 Å². The third-order valence-corrected chi connectivity index (χ3v) is 4.09. The molecule has 0 bridgehead atoms. The molecule has 3 rings (SSSR count). The maximum atomic E-state index is 6.24. The van der Waals surface area contributed by atoms with E-state index in [4.69, 9.17) is 28.9 Å². The average molecular weight is 306 g/mol. The van der Waals surface area contributed by atoms with Gasteiger partial charge < -0.3 is 10.3 Å². The Morgan fingerprint density at radius 1 is 1.10 bits per heavy atom. The van der Waals surface area contributed by atoms with E-state index in [2.05, 4.69) is 9.55 Å². The number of benzene rings is 2. The van der Waals surface area contributed by atoms with Crippen molar-refractivity contribution in [2.24, 2.45) is 0 Å². The largest absolute Gasteiger partial charge is 0.397 e. The highest BCUT2D eigenvalue weighted by Crippen LogP contribution is 2.28. The molecule has 0 fully saturated rings. The molecular formula is C15H13Cl2N3. The third-order valence-electron chi connectivity index (χ3n) is 3.38. The second-order valence-electron chi connectivity index (χ2n) is 4.66. The molecule has 2 N–H and O–H groups in total. The zero-order chi connectivity index (χ0) is 14.3. The van der Waals surface area contributed by atoms with Crippen molar-refractivity contribution in [2.75, 3.05) is 5.73 Å². The molecule has 1 heterocycles. The summed E-state index contributed by atoms with van der Waals surface area (Å²) in [7, 11) is 0. The Balaban J connectivity index is 2.16. The van der Waals surface area contributed by atoms with Crippen LogP contribution in [0.1, 0.15) is 11.4 Å². The molecule has 0 atom stereocenters. The fourth-order valence-corrected chi connectivity index (χ4v) is 2.84. The first-order valence-electron chi connectivity index (χ1n) is 6.22. The van der Waals surface area contributed by atoms with Gasteiger partial charge in [0.1, 0.15) is 11.3 Å². The number of anilines is 1. The van der Waals surface area contributed by atoms with Crippen molar-refractivity contribution in [2.45, 2.75) is 13.5 Å². The number of rotatable bonds is 2. The lowest BCUT2D eigenvalue weighted by atomic mass is 10.2. The van der Waals surface area contributed by atoms with Gasteiger partial charge in [-0.25, -0.2) is 4.98 Å². The predicted molar refractivity (Wildman–Crippen MR) is 84.4 cm³/mol. The van der Waals surface area contributed by atoms with Crippen LogP contribution in [0.4, 0.5) is 5.69 Å². The topological polar surface area (TPSA) is 43.8 Å². The molecule has 0 spiro atoms. The number of hydrogen-bond acceptors (Lipinski definition) is 2. The third kappa shape index (κ3) is 2.13. The van der Waals surface area contributed by atoms with Gasteiger partial charge in [-0.05, 0) is 31.2 Å². The van der Waals surface area contributed by atoms with Crippen LogP contribution in [0.5, 0.6) is 0 Å². The van der Waals surface area contributed by atoms with Crippen LogP contribution < -0.4 is 5.73 Å². The zero-order valence-electron chi connectivity index (χ0n) is 10.9. The van der Waals surface area contributed by atoms with Gasteiger partial charge >= 0.3 is 0 Å². The molecule has 1 aromatic heterocycles. The van der Waals surface area contributed by atoms with E-state index in [-0.39, 0.29) is 0 Å². The number of aryl methyl sites for hydroxylation is 1. The first-order valence-corrected chi connectivity index (χ1v) is 6.97. The highest BCUT2D eigenvalue weighted by atomic mass is 35.5. The molecule has 0 amide bonds. The fraction of sp³-hybridized carbons (Fsp3) is 0.133. The summed E-state index contributed by atoms with van der Waals surface area (Å²) in [5.74, 6) is 0.883. The first-order chi connectivity index (χ1) is 9.58. The fourth-order valence-electron chi connectivity index (χ4n) is 2.33. The molecule has 2 aromatic carbocycles. The van der Waals surface area contributed by atoms with E-state index >= 15 is 0 Å². The maximum absolute atomic E-state index is 6.24. The molecule has 0 saturated carbocycles. The first kappa shape index (κ1) is 13.3. The van der Waals surface area contributed by atoms with Gasteiger partial charge in [0.2, 0.25) is 0 Å². The van der Waals surface area contributed by atoms with Gasteiger partial charge in [0, 0.05) is 15.6 Å². The number of aromatic nitrogens is 2. The number of fused-ring (bicyclic) bond motifs is 1. The van der Waals surface area contributed by atoms with Crippen LogP contribution in [-0.4, -0.2) is 9.55 Å². The lowest BCUT2D eigenvalue weighted by Crippen LogP contribution is -2.03. The molecule has 0 unspecified atom stereocenters. The lowest BCUT2D eigenvalue weighted by molar-refractivity contribution is 0.786. The zero-order valence-corrected chi connectivity index (χ0v) is 12.4. The van der Waals surface area contributed by atoms with Crippen molar-refractivity contribution in [1.82, 2.24) is 9.55 Å². The van der Waals surface area contributed by atoms with Crippen LogP contribution in [0.15, 0.2) is 36.4 Å². The molecule has 20 heavy (non-hydrogen) atoms. The summed E-state index contributed by atoms with van der Waals surface area (Å²) in [6.45, 7) is 2.52. The van der Waals surface area contributed by atoms with Crippen molar-refractivity contribution < 1.29 is 0 Å². The Hall–Kier alpha value is -1.71. The minimum absolute atomic E-state index is 0.574.